The van der Waals surface area contributed by atoms with E-state index in [1.165, 1.54) is 0 Å². The third-order valence-corrected chi connectivity index (χ3v) is 0.340. The fourth-order valence-electron chi connectivity index (χ4n) is 0.118. The van der Waals surface area contributed by atoms with Gasteiger partial charge in [-0.05, 0) is 5.92 Å². The molecule has 8 heavy (non-hydrogen) atoms. The number of aldehydes is 1. The van der Waals surface area contributed by atoms with E-state index in [-0.39, 0.29) is 6.29 Å². The summed E-state index contributed by atoms with van der Waals surface area (Å²) in [6.45, 7) is 0. The molecular weight excluding hydrogens is 110 g/mol. The van der Waals surface area contributed by atoms with Gasteiger partial charge in [0, 0.05) is 5.92 Å². The Morgan fingerprint density at radius 3 is 2.75 bits per heavy atom. The van der Waals surface area contributed by atoms with Gasteiger partial charge in [0.15, 0.2) is 6.29 Å². The van der Waals surface area contributed by atoms with Crippen molar-refractivity contribution in [2.45, 2.75) is 0 Å². The predicted molar refractivity (Wildman–Crippen MR) is 24.1 cm³/mol. The maximum absolute atomic E-state index is 9.89. The van der Waals surface area contributed by atoms with Crippen LogP contribution >= 0.6 is 0 Å². The Hall–Kier alpha value is -1.34. The van der Waals surface area contributed by atoms with Crippen LogP contribution in [-0.2, 0) is 14.4 Å². The molecule has 0 bridgehead atoms. The summed E-state index contributed by atoms with van der Waals surface area (Å²) in [6.07, 6.45) is 0.275. The molecule has 0 saturated carbocycles. The number of rotatable bonds is 0. The van der Waals surface area contributed by atoms with Crippen molar-refractivity contribution in [2.24, 2.45) is 5.90 Å². The number of nitrogens with two attached hydrogens (primary N) is 1. The highest BCUT2D eigenvalue weighted by molar-refractivity contribution is 5.92. The van der Waals surface area contributed by atoms with Crippen molar-refractivity contribution in [3.63, 3.8) is 0 Å². The quantitative estimate of drug-likeness (QED) is 0.238. The molecule has 0 aliphatic rings. The highest BCUT2D eigenvalue weighted by atomic mass is 16.7. The van der Waals surface area contributed by atoms with Crippen molar-refractivity contribution < 1.29 is 14.4 Å². The molecule has 2 N–H and O–H groups in total. The van der Waals surface area contributed by atoms with Crippen LogP contribution in [0.5, 0.6) is 0 Å². The van der Waals surface area contributed by atoms with Gasteiger partial charge in [-0.3, -0.25) is 4.79 Å². The highest BCUT2D eigenvalue weighted by Gasteiger charge is 1.86. The molecule has 42 valence electrons. The Kier molecular flexibility index (Phi) is 3.19. The Bertz CT molecular complexity index is 152. The predicted octanol–water partition coefficient (Wildman–Crippen LogP) is -1.39. The lowest BCUT2D eigenvalue weighted by Crippen LogP contribution is -2.06. The average Bonchev–Trinajstić information content (AvgIpc) is 1.83. The van der Waals surface area contributed by atoms with Gasteiger partial charge in [-0.25, -0.2) is 4.79 Å². The monoisotopic (exact) mass is 113 g/mol. The first-order valence-electron chi connectivity index (χ1n) is 1.67. The summed E-state index contributed by atoms with van der Waals surface area (Å²) < 4.78 is 0. The lowest BCUT2D eigenvalue weighted by Gasteiger charge is -1.79. The fourth-order valence-corrected chi connectivity index (χ4v) is 0.118. The van der Waals surface area contributed by atoms with E-state index in [1.807, 2.05) is 5.92 Å². The summed E-state index contributed by atoms with van der Waals surface area (Å²) in [7, 11) is 0. The summed E-state index contributed by atoms with van der Waals surface area (Å²) in [5, 5.41) is 0. The molecule has 0 aromatic heterocycles. The van der Waals surface area contributed by atoms with E-state index < -0.39 is 5.97 Å². The van der Waals surface area contributed by atoms with Gasteiger partial charge in [-0.15, -0.1) is 0 Å². The van der Waals surface area contributed by atoms with E-state index in [1.54, 1.807) is 5.92 Å². The lowest BCUT2D eigenvalue weighted by molar-refractivity contribution is -0.137. The van der Waals surface area contributed by atoms with Crippen molar-refractivity contribution in [3.05, 3.63) is 0 Å². The normalized spacial score (nSPS) is 6.12. The highest BCUT2D eigenvalue weighted by Crippen LogP contribution is 1.60. The molecule has 0 saturated heterocycles. The molecule has 0 atom stereocenters. The first kappa shape index (κ1) is 6.66. The number of carbonyl (C=O) groups is 2. The van der Waals surface area contributed by atoms with Crippen LogP contribution in [0.25, 0.3) is 0 Å². The van der Waals surface area contributed by atoms with Crippen LogP contribution in [0.4, 0.5) is 0 Å². The molecule has 0 aromatic carbocycles. The van der Waals surface area contributed by atoms with Crippen molar-refractivity contribution in [3.8, 4) is 11.8 Å². The van der Waals surface area contributed by atoms with E-state index in [0.29, 0.717) is 0 Å². The first-order valence-corrected chi connectivity index (χ1v) is 1.67. The Labute approximate surface area is 45.6 Å². The molecule has 0 rings (SSSR count). The van der Waals surface area contributed by atoms with E-state index in [4.69, 9.17) is 0 Å². The minimum Gasteiger partial charge on any atom is -0.363 e. The van der Waals surface area contributed by atoms with Crippen LogP contribution in [0.1, 0.15) is 0 Å². The SMILES string of the molecule is NOC(=O)C#CC=O. The van der Waals surface area contributed by atoms with E-state index in [0.717, 1.165) is 0 Å². The smallest absolute Gasteiger partial charge is 0.363 e. The van der Waals surface area contributed by atoms with Crippen LogP contribution < -0.4 is 5.90 Å². The van der Waals surface area contributed by atoms with Gasteiger partial charge in [-0.1, -0.05) is 0 Å². The van der Waals surface area contributed by atoms with Gasteiger partial charge < -0.3 is 4.84 Å². The second-order valence-corrected chi connectivity index (χ2v) is 0.792. The third kappa shape index (κ3) is 2.87. The largest absolute Gasteiger partial charge is 0.403 e. The molecule has 0 amide bonds. The second kappa shape index (κ2) is 3.84. The Balaban J connectivity index is 3.68. The van der Waals surface area contributed by atoms with E-state index in [9.17, 15) is 9.59 Å². The molecule has 0 fully saturated rings. The van der Waals surface area contributed by atoms with Crippen LogP contribution in [0.2, 0.25) is 0 Å². The van der Waals surface area contributed by atoms with Crippen molar-refractivity contribution >= 4 is 12.3 Å². The molecule has 0 spiro atoms. The van der Waals surface area contributed by atoms with Crippen LogP contribution in [0.15, 0.2) is 0 Å². The summed E-state index contributed by atoms with van der Waals surface area (Å²) in [5.41, 5.74) is 0. The van der Waals surface area contributed by atoms with Gasteiger partial charge in [0.25, 0.3) is 0 Å². The van der Waals surface area contributed by atoms with Gasteiger partial charge in [0.2, 0.25) is 0 Å². The number of carbonyl (C=O) groups excluding carboxylic acids is 2. The van der Waals surface area contributed by atoms with Crippen molar-refractivity contribution in [1.29, 1.82) is 0 Å². The maximum atomic E-state index is 9.89. The summed E-state index contributed by atoms with van der Waals surface area (Å²) >= 11 is 0. The molecule has 0 aliphatic heterocycles. The van der Waals surface area contributed by atoms with Crippen LogP contribution in [0.3, 0.4) is 0 Å². The van der Waals surface area contributed by atoms with E-state index in [2.05, 4.69) is 10.7 Å². The summed E-state index contributed by atoms with van der Waals surface area (Å²) in [5.74, 6) is 7.02. The molecule has 0 radical (unpaired) electrons. The summed E-state index contributed by atoms with van der Waals surface area (Å²) in [6, 6.07) is 0. The summed E-state index contributed by atoms with van der Waals surface area (Å²) in [4.78, 5) is 22.9. The fraction of sp³-hybridized carbons (Fsp3) is 0. The van der Waals surface area contributed by atoms with Crippen molar-refractivity contribution in [1.82, 2.24) is 0 Å². The molecule has 0 aliphatic carbocycles. The molecular formula is C4H3NO3. The maximum Gasteiger partial charge on any atom is 0.403 e. The molecule has 4 heteroatoms. The van der Waals surface area contributed by atoms with Crippen LogP contribution in [-0.4, -0.2) is 12.3 Å². The zero-order valence-electron chi connectivity index (χ0n) is 3.88. The number of hydrogen-bond acceptors (Lipinski definition) is 4. The van der Waals surface area contributed by atoms with Gasteiger partial charge in [0.05, 0.1) is 0 Å². The standard InChI is InChI=1S/C4H3NO3/c5-8-4(7)2-1-3-6/h3H,5H2. The molecule has 0 heterocycles. The van der Waals surface area contributed by atoms with Gasteiger partial charge >= 0.3 is 5.97 Å². The topological polar surface area (TPSA) is 69.4 Å². The van der Waals surface area contributed by atoms with E-state index >= 15 is 0 Å². The van der Waals surface area contributed by atoms with Crippen LogP contribution in [0, 0.1) is 11.8 Å². The minimum atomic E-state index is -0.919. The third-order valence-electron chi connectivity index (χ3n) is 0.340. The zero-order chi connectivity index (χ0) is 6.41. The lowest BCUT2D eigenvalue weighted by atomic mass is 10.6. The molecule has 0 aromatic rings. The van der Waals surface area contributed by atoms with Crippen molar-refractivity contribution in [2.75, 3.05) is 0 Å². The average molecular weight is 113 g/mol. The first-order chi connectivity index (χ1) is 3.81. The van der Waals surface area contributed by atoms with Gasteiger partial charge in [0.1, 0.15) is 0 Å². The molecule has 0 unspecified atom stereocenters. The zero-order valence-corrected chi connectivity index (χ0v) is 3.88. The number of hydrogen-bond donors (Lipinski definition) is 1. The minimum absolute atomic E-state index is 0.275. The molecule has 4 nitrogen and oxygen atoms in total. The second-order valence-electron chi connectivity index (χ2n) is 0.792. The Morgan fingerprint density at radius 1 is 1.75 bits per heavy atom. The van der Waals surface area contributed by atoms with Gasteiger partial charge in [-0.2, -0.15) is 5.90 Å². The Morgan fingerprint density at radius 2 is 2.38 bits per heavy atom.